The Morgan fingerprint density at radius 2 is 1.88 bits per heavy atom. The summed E-state index contributed by atoms with van der Waals surface area (Å²) in [4.78, 5) is 12.5. The van der Waals surface area contributed by atoms with Crippen LogP contribution in [0.5, 0.6) is 0 Å². The molecular formula is C17H16BrN5O. The fourth-order valence-electron chi connectivity index (χ4n) is 2.18. The number of nitrogens with zero attached hydrogens (tertiary/aromatic N) is 2. The number of anilines is 3. The minimum absolute atomic E-state index is 0.198. The third-order valence-electron chi connectivity index (χ3n) is 3.65. The van der Waals surface area contributed by atoms with Crippen LogP contribution in [-0.2, 0) is 0 Å². The number of aromatic nitrogens is 3. The summed E-state index contributed by atoms with van der Waals surface area (Å²) in [5.41, 5.74) is 4.07. The lowest BCUT2D eigenvalue weighted by atomic mass is 10.1. The summed E-state index contributed by atoms with van der Waals surface area (Å²) < 4.78 is 0.797. The molecule has 24 heavy (non-hydrogen) atoms. The second-order valence-electron chi connectivity index (χ2n) is 5.38. The average molecular weight is 386 g/mol. The first-order valence-electron chi connectivity index (χ1n) is 7.35. The largest absolute Gasteiger partial charge is 0.337 e. The summed E-state index contributed by atoms with van der Waals surface area (Å²) in [6.07, 6.45) is 0. The molecule has 0 saturated carbocycles. The first kappa shape index (κ1) is 16.2. The maximum atomic E-state index is 12.5. The van der Waals surface area contributed by atoms with E-state index in [1.165, 1.54) is 5.56 Å². The van der Waals surface area contributed by atoms with Crippen molar-refractivity contribution in [3.8, 4) is 0 Å². The lowest BCUT2D eigenvalue weighted by Gasteiger charge is -2.08. The minimum atomic E-state index is -0.345. The summed E-state index contributed by atoms with van der Waals surface area (Å²) in [6.45, 7) is 4.08. The topological polar surface area (TPSA) is 82.7 Å². The van der Waals surface area contributed by atoms with Crippen molar-refractivity contribution in [1.82, 2.24) is 15.4 Å². The molecule has 0 bridgehead atoms. The second kappa shape index (κ2) is 6.84. The summed E-state index contributed by atoms with van der Waals surface area (Å²) in [5, 5.41) is 16.4. The fraction of sp³-hybridized carbons (Fsp3) is 0.118. The van der Waals surface area contributed by atoms with E-state index < -0.39 is 0 Å². The van der Waals surface area contributed by atoms with Gasteiger partial charge in [-0.25, -0.2) is 0 Å². The Balaban J connectivity index is 1.81. The summed E-state index contributed by atoms with van der Waals surface area (Å²) in [5.74, 6) is 0.0322. The molecule has 3 N–H and O–H groups in total. The normalized spacial score (nSPS) is 10.5. The van der Waals surface area contributed by atoms with Gasteiger partial charge in [-0.05, 0) is 65.2 Å². The van der Waals surface area contributed by atoms with E-state index in [1.54, 1.807) is 6.07 Å². The van der Waals surface area contributed by atoms with Crippen molar-refractivity contribution >= 4 is 39.0 Å². The molecule has 0 aliphatic heterocycles. The smallest absolute Gasteiger partial charge is 0.280 e. The van der Waals surface area contributed by atoms with Crippen LogP contribution in [0.25, 0.3) is 0 Å². The van der Waals surface area contributed by atoms with Crippen LogP contribution in [-0.4, -0.2) is 21.3 Å². The second-order valence-corrected chi connectivity index (χ2v) is 6.23. The number of H-pyrrole nitrogens is 1. The number of carbonyl (C=O) groups is 1. The average Bonchev–Trinajstić information content (AvgIpc) is 3.01. The molecular weight excluding hydrogens is 370 g/mol. The maximum absolute atomic E-state index is 12.5. The Kier molecular flexibility index (Phi) is 4.61. The van der Waals surface area contributed by atoms with Gasteiger partial charge >= 0.3 is 0 Å². The van der Waals surface area contributed by atoms with Crippen LogP contribution >= 0.6 is 15.9 Å². The van der Waals surface area contributed by atoms with Crippen molar-refractivity contribution in [2.75, 3.05) is 10.6 Å². The third kappa shape index (κ3) is 3.46. The Hall–Kier alpha value is -2.67. The van der Waals surface area contributed by atoms with Crippen molar-refractivity contribution in [3.05, 3.63) is 63.8 Å². The molecule has 1 aromatic heterocycles. The SMILES string of the molecule is Cc1ccc(Nc2n[nH]nc2C(=O)Nc2ccccc2Br)cc1C. The Morgan fingerprint density at radius 3 is 2.62 bits per heavy atom. The Bertz CT molecular complexity index is 890. The van der Waals surface area contributed by atoms with E-state index in [-0.39, 0.29) is 11.6 Å². The van der Waals surface area contributed by atoms with Gasteiger partial charge in [-0.3, -0.25) is 4.79 Å². The molecule has 122 valence electrons. The van der Waals surface area contributed by atoms with Gasteiger partial charge in [-0.1, -0.05) is 18.2 Å². The highest BCUT2D eigenvalue weighted by Gasteiger charge is 2.17. The van der Waals surface area contributed by atoms with Crippen molar-refractivity contribution in [2.24, 2.45) is 0 Å². The molecule has 0 atom stereocenters. The molecule has 0 aliphatic rings. The first-order chi connectivity index (χ1) is 11.5. The van der Waals surface area contributed by atoms with E-state index >= 15 is 0 Å². The van der Waals surface area contributed by atoms with Crippen LogP contribution in [0.2, 0.25) is 0 Å². The molecule has 0 unspecified atom stereocenters. The van der Waals surface area contributed by atoms with Gasteiger partial charge < -0.3 is 10.6 Å². The summed E-state index contributed by atoms with van der Waals surface area (Å²) >= 11 is 3.40. The van der Waals surface area contributed by atoms with Gasteiger partial charge in [0, 0.05) is 10.2 Å². The molecule has 3 rings (SSSR count). The number of aryl methyl sites for hydroxylation is 2. The van der Waals surface area contributed by atoms with Crippen LogP contribution in [0.3, 0.4) is 0 Å². The van der Waals surface area contributed by atoms with E-state index in [2.05, 4.69) is 42.0 Å². The van der Waals surface area contributed by atoms with Crippen LogP contribution in [0.4, 0.5) is 17.2 Å². The fourth-order valence-corrected chi connectivity index (χ4v) is 2.56. The van der Waals surface area contributed by atoms with Gasteiger partial charge in [-0.2, -0.15) is 5.21 Å². The molecule has 0 saturated heterocycles. The number of halogens is 1. The van der Waals surface area contributed by atoms with Gasteiger partial charge in [-0.15, -0.1) is 10.2 Å². The lowest BCUT2D eigenvalue weighted by Crippen LogP contribution is -2.14. The highest BCUT2D eigenvalue weighted by atomic mass is 79.9. The minimum Gasteiger partial charge on any atom is -0.337 e. The van der Waals surface area contributed by atoms with E-state index in [0.29, 0.717) is 11.5 Å². The molecule has 3 aromatic rings. The number of hydrogen-bond donors (Lipinski definition) is 3. The van der Waals surface area contributed by atoms with Crippen molar-refractivity contribution < 1.29 is 4.79 Å². The van der Waals surface area contributed by atoms with Gasteiger partial charge in [0.05, 0.1) is 5.69 Å². The van der Waals surface area contributed by atoms with Crippen LogP contribution in [0.1, 0.15) is 21.6 Å². The van der Waals surface area contributed by atoms with E-state index in [1.807, 2.05) is 50.2 Å². The number of rotatable bonds is 4. The van der Waals surface area contributed by atoms with E-state index in [4.69, 9.17) is 0 Å². The number of nitrogens with one attached hydrogen (secondary N) is 3. The standard InChI is InChI=1S/C17H16BrN5O/c1-10-7-8-12(9-11(10)2)19-16-15(21-23-22-16)17(24)20-14-6-4-3-5-13(14)18/h3-9H,1-2H3,(H,20,24)(H2,19,21,22,23). The Labute approximate surface area is 147 Å². The summed E-state index contributed by atoms with van der Waals surface area (Å²) in [7, 11) is 0. The Morgan fingerprint density at radius 1 is 1.08 bits per heavy atom. The van der Waals surface area contributed by atoms with Crippen molar-refractivity contribution in [1.29, 1.82) is 0 Å². The van der Waals surface area contributed by atoms with Crippen LogP contribution in [0, 0.1) is 13.8 Å². The number of hydrogen-bond acceptors (Lipinski definition) is 4. The predicted octanol–water partition coefficient (Wildman–Crippen LogP) is 4.18. The van der Waals surface area contributed by atoms with Crippen molar-refractivity contribution in [3.63, 3.8) is 0 Å². The number of para-hydroxylation sites is 1. The first-order valence-corrected chi connectivity index (χ1v) is 8.15. The summed E-state index contributed by atoms with van der Waals surface area (Å²) in [6, 6.07) is 13.3. The number of carbonyl (C=O) groups excluding carboxylic acids is 1. The molecule has 0 spiro atoms. The highest BCUT2D eigenvalue weighted by molar-refractivity contribution is 9.10. The highest BCUT2D eigenvalue weighted by Crippen LogP contribution is 2.24. The zero-order valence-electron chi connectivity index (χ0n) is 13.2. The quantitative estimate of drug-likeness (QED) is 0.628. The van der Waals surface area contributed by atoms with Gasteiger partial charge in [0.2, 0.25) is 0 Å². The molecule has 2 aromatic carbocycles. The van der Waals surface area contributed by atoms with Crippen LogP contribution < -0.4 is 10.6 Å². The molecule has 1 amide bonds. The maximum Gasteiger partial charge on any atom is 0.280 e. The monoisotopic (exact) mass is 385 g/mol. The van der Waals surface area contributed by atoms with Crippen LogP contribution in [0.15, 0.2) is 46.9 Å². The van der Waals surface area contributed by atoms with Gasteiger partial charge in [0.15, 0.2) is 11.5 Å². The van der Waals surface area contributed by atoms with Gasteiger partial charge in [0.25, 0.3) is 5.91 Å². The molecule has 6 nitrogen and oxygen atoms in total. The zero-order valence-corrected chi connectivity index (χ0v) is 14.8. The predicted molar refractivity (Wildman–Crippen MR) is 97.7 cm³/mol. The lowest BCUT2D eigenvalue weighted by molar-refractivity contribution is 0.102. The van der Waals surface area contributed by atoms with Crippen molar-refractivity contribution in [2.45, 2.75) is 13.8 Å². The zero-order chi connectivity index (χ0) is 17.1. The molecule has 7 heteroatoms. The molecule has 0 radical (unpaired) electrons. The number of amides is 1. The molecule has 0 fully saturated rings. The van der Waals surface area contributed by atoms with Gasteiger partial charge in [0.1, 0.15) is 0 Å². The van der Waals surface area contributed by atoms with E-state index in [0.717, 1.165) is 15.7 Å². The number of benzene rings is 2. The number of aromatic amines is 1. The van der Waals surface area contributed by atoms with E-state index in [9.17, 15) is 4.79 Å². The molecule has 0 aliphatic carbocycles. The molecule has 1 heterocycles. The third-order valence-corrected chi connectivity index (χ3v) is 4.35.